The summed E-state index contributed by atoms with van der Waals surface area (Å²) in [5, 5.41) is 1.05. The number of fused-ring (bicyclic) bond motifs is 1. The second-order valence-corrected chi connectivity index (χ2v) is 8.03. The zero-order valence-electron chi connectivity index (χ0n) is 16.9. The molecule has 3 aromatic carbocycles. The molecule has 0 bridgehead atoms. The van der Waals surface area contributed by atoms with Crippen molar-refractivity contribution < 1.29 is 4.39 Å². The summed E-state index contributed by atoms with van der Waals surface area (Å²) in [5.41, 5.74) is 6.89. The number of para-hydroxylation sites is 1. The first-order chi connectivity index (χ1) is 13.5. The summed E-state index contributed by atoms with van der Waals surface area (Å²) in [4.78, 5) is 0. The highest BCUT2D eigenvalue weighted by Gasteiger charge is 2.21. The van der Waals surface area contributed by atoms with Crippen molar-refractivity contribution in [1.82, 2.24) is 4.57 Å². The quantitative estimate of drug-likeness (QED) is 0.346. The summed E-state index contributed by atoms with van der Waals surface area (Å²) in [5.74, 6) is 0.520. The van der Waals surface area contributed by atoms with Crippen LogP contribution in [0.5, 0.6) is 0 Å². The minimum Gasteiger partial charge on any atom is -0.309 e. The van der Waals surface area contributed by atoms with Gasteiger partial charge in [-0.2, -0.15) is 0 Å². The highest BCUT2D eigenvalue weighted by molar-refractivity contribution is 5.90. The minimum absolute atomic E-state index is 0.209. The zero-order valence-corrected chi connectivity index (χ0v) is 16.9. The third-order valence-electron chi connectivity index (χ3n) is 5.40. The molecule has 0 unspecified atom stereocenters. The predicted molar refractivity (Wildman–Crippen MR) is 117 cm³/mol. The Hall–Kier alpha value is -2.87. The molecular formula is C26H26FN. The normalized spacial score (nSPS) is 11.7. The zero-order chi connectivity index (χ0) is 19.8. The molecule has 0 aliphatic carbocycles. The highest BCUT2D eigenvalue weighted by Crippen LogP contribution is 2.38. The molecule has 0 amide bonds. The predicted octanol–water partition coefficient (Wildman–Crippen LogP) is 7.68. The number of hydrogen-bond donors (Lipinski definition) is 0. The van der Waals surface area contributed by atoms with Crippen molar-refractivity contribution >= 4 is 10.9 Å². The Bertz CT molecular complexity index is 1090. The van der Waals surface area contributed by atoms with Crippen LogP contribution in [0.4, 0.5) is 4.39 Å². The second kappa shape index (κ2) is 7.27. The smallest absolute Gasteiger partial charge is 0.125 e. The topological polar surface area (TPSA) is 4.93 Å². The standard InChI is InChI=1S/C26H26FN/c1-17(2)22-11-8-12-23(18(3)4)26(22)28-24(19-9-6-5-7-10-19)15-20-13-14-21(27)16-25(20)28/h5-18H,1-4H3. The molecule has 4 rings (SSSR count). The number of aromatic nitrogens is 1. The molecule has 0 fully saturated rings. The first-order valence-electron chi connectivity index (χ1n) is 9.97. The van der Waals surface area contributed by atoms with Gasteiger partial charge in [0, 0.05) is 5.39 Å². The van der Waals surface area contributed by atoms with E-state index in [0.29, 0.717) is 11.8 Å². The lowest BCUT2D eigenvalue weighted by Crippen LogP contribution is -2.08. The van der Waals surface area contributed by atoms with E-state index in [9.17, 15) is 4.39 Å². The maximum atomic E-state index is 14.2. The maximum absolute atomic E-state index is 14.2. The van der Waals surface area contributed by atoms with E-state index in [1.165, 1.54) is 16.8 Å². The van der Waals surface area contributed by atoms with Crippen molar-refractivity contribution in [2.45, 2.75) is 39.5 Å². The van der Waals surface area contributed by atoms with Gasteiger partial charge in [0.1, 0.15) is 5.82 Å². The molecule has 28 heavy (non-hydrogen) atoms. The van der Waals surface area contributed by atoms with E-state index < -0.39 is 0 Å². The maximum Gasteiger partial charge on any atom is 0.125 e. The third-order valence-corrected chi connectivity index (χ3v) is 5.40. The van der Waals surface area contributed by atoms with Crippen LogP contribution in [0.2, 0.25) is 0 Å². The van der Waals surface area contributed by atoms with Gasteiger partial charge in [-0.1, -0.05) is 76.2 Å². The Morgan fingerprint density at radius 1 is 0.714 bits per heavy atom. The SMILES string of the molecule is CC(C)c1cccc(C(C)C)c1-n1c(-c2ccccc2)cc2ccc(F)cc21. The second-order valence-electron chi connectivity index (χ2n) is 8.03. The van der Waals surface area contributed by atoms with Gasteiger partial charge in [0.2, 0.25) is 0 Å². The lowest BCUT2D eigenvalue weighted by atomic mass is 9.92. The number of nitrogens with zero attached hydrogens (tertiary/aromatic N) is 1. The van der Waals surface area contributed by atoms with Gasteiger partial charge in [0.25, 0.3) is 0 Å². The van der Waals surface area contributed by atoms with Crippen LogP contribution in [0, 0.1) is 5.82 Å². The van der Waals surface area contributed by atoms with Crippen LogP contribution in [0.3, 0.4) is 0 Å². The van der Waals surface area contributed by atoms with E-state index in [1.54, 1.807) is 12.1 Å². The molecule has 0 aliphatic rings. The van der Waals surface area contributed by atoms with Crippen LogP contribution in [-0.4, -0.2) is 4.57 Å². The van der Waals surface area contributed by atoms with E-state index in [-0.39, 0.29) is 5.82 Å². The van der Waals surface area contributed by atoms with Crippen molar-refractivity contribution in [3.8, 4) is 16.9 Å². The molecule has 0 radical (unpaired) electrons. The Labute approximate surface area is 166 Å². The number of halogens is 1. The number of hydrogen-bond acceptors (Lipinski definition) is 0. The largest absolute Gasteiger partial charge is 0.309 e. The lowest BCUT2D eigenvalue weighted by molar-refractivity contribution is 0.629. The van der Waals surface area contributed by atoms with Crippen molar-refractivity contribution in [3.63, 3.8) is 0 Å². The molecule has 2 heteroatoms. The fourth-order valence-corrected chi connectivity index (χ4v) is 4.01. The first-order valence-corrected chi connectivity index (χ1v) is 9.97. The van der Waals surface area contributed by atoms with Crippen LogP contribution in [0.25, 0.3) is 27.8 Å². The first kappa shape index (κ1) is 18.5. The van der Waals surface area contributed by atoms with Gasteiger partial charge < -0.3 is 4.57 Å². The van der Waals surface area contributed by atoms with Gasteiger partial charge in [-0.25, -0.2) is 4.39 Å². The molecule has 0 saturated heterocycles. The van der Waals surface area contributed by atoms with Crippen LogP contribution in [0.15, 0.2) is 72.8 Å². The van der Waals surface area contributed by atoms with Gasteiger partial charge in [0.15, 0.2) is 0 Å². The number of benzene rings is 3. The summed E-state index contributed by atoms with van der Waals surface area (Å²) in [6.07, 6.45) is 0. The summed E-state index contributed by atoms with van der Waals surface area (Å²) in [7, 11) is 0. The van der Waals surface area contributed by atoms with Crippen molar-refractivity contribution in [2.24, 2.45) is 0 Å². The Morgan fingerprint density at radius 3 is 1.96 bits per heavy atom. The number of rotatable bonds is 4. The Morgan fingerprint density at radius 2 is 1.36 bits per heavy atom. The highest BCUT2D eigenvalue weighted by atomic mass is 19.1. The monoisotopic (exact) mass is 371 g/mol. The van der Waals surface area contributed by atoms with Gasteiger partial charge >= 0.3 is 0 Å². The van der Waals surface area contributed by atoms with Crippen LogP contribution < -0.4 is 0 Å². The van der Waals surface area contributed by atoms with Crippen molar-refractivity contribution in [3.05, 3.63) is 89.7 Å². The average molecular weight is 371 g/mol. The van der Waals surface area contributed by atoms with Crippen LogP contribution >= 0.6 is 0 Å². The van der Waals surface area contributed by atoms with Gasteiger partial charge in [-0.3, -0.25) is 0 Å². The summed E-state index contributed by atoms with van der Waals surface area (Å²) < 4.78 is 16.5. The molecule has 142 valence electrons. The third kappa shape index (κ3) is 3.13. The minimum atomic E-state index is -0.209. The van der Waals surface area contributed by atoms with Crippen LogP contribution in [-0.2, 0) is 0 Å². The van der Waals surface area contributed by atoms with Crippen molar-refractivity contribution in [1.29, 1.82) is 0 Å². The van der Waals surface area contributed by atoms with E-state index in [4.69, 9.17) is 0 Å². The van der Waals surface area contributed by atoms with E-state index in [0.717, 1.165) is 22.2 Å². The molecule has 4 aromatic rings. The van der Waals surface area contributed by atoms with E-state index >= 15 is 0 Å². The summed E-state index contributed by atoms with van der Waals surface area (Å²) in [6.45, 7) is 8.88. The van der Waals surface area contributed by atoms with E-state index in [2.05, 4.69) is 80.8 Å². The molecule has 0 spiro atoms. The van der Waals surface area contributed by atoms with Gasteiger partial charge in [-0.05, 0) is 52.8 Å². The molecule has 0 aliphatic heterocycles. The lowest BCUT2D eigenvalue weighted by Gasteiger charge is -2.23. The molecule has 0 saturated carbocycles. The molecular weight excluding hydrogens is 345 g/mol. The molecule has 0 atom stereocenters. The molecule has 1 nitrogen and oxygen atoms in total. The Kier molecular flexibility index (Phi) is 4.80. The van der Waals surface area contributed by atoms with Gasteiger partial charge in [-0.15, -0.1) is 0 Å². The van der Waals surface area contributed by atoms with Crippen LogP contribution in [0.1, 0.15) is 50.7 Å². The van der Waals surface area contributed by atoms with Crippen molar-refractivity contribution in [2.75, 3.05) is 0 Å². The molecule has 0 N–H and O–H groups in total. The fourth-order valence-electron chi connectivity index (χ4n) is 4.01. The summed E-state index contributed by atoms with van der Waals surface area (Å²) >= 11 is 0. The van der Waals surface area contributed by atoms with Gasteiger partial charge in [0.05, 0.1) is 16.9 Å². The Balaban J connectivity index is 2.16. The molecule has 1 heterocycles. The van der Waals surface area contributed by atoms with E-state index in [1.807, 2.05) is 12.1 Å². The fraction of sp³-hybridized carbons (Fsp3) is 0.231. The average Bonchev–Trinajstić information content (AvgIpc) is 3.06. The molecule has 1 aromatic heterocycles. The summed E-state index contributed by atoms with van der Waals surface area (Å²) in [6, 6.07) is 24.2.